The average Bonchev–Trinajstić information content (AvgIpc) is 2.98. The molecule has 0 bridgehead atoms. The van der Waals surface area contributed by atoms with E-state index in [1.165, 1.54) is 6.33 Å². The summed E-state index contributed by atoms with van der Waals surface area (Å²) in [7, 11) is 0. The van der Waals surface area contributed by atoms with Gasteiger partial charge in [0.1, 0.15) is 12.0 Å². The number of rotatable bonds is 3. The average molecular weight is 254 g/mol. The van der Waals surface area contributed by atoms with Crippen LogP contribution in [0.2, 0.25) is 0 Å². The fraction of sp³-hybridized carbons (Fsp3) is 0.0769. The second-order valence-electron chi connectivity index (χ2n) is 3.86. The Balaban J connectivity index is 1.90. The van der Waals surface area contributed by atoms with Crippen molar-refractivity contribution in [2.45, 2.75) is 6.10 Å². The summed E-state index contributed by atoms with van der Waals surface area (Å²) in [4.78, 5) is 12.0. The van der Waals surface area contributed by atoms with Crippen molar-refractivity contribution in [3.8, 4) is 11.5 Å². The zero-order valence-electron chi connectivity index (χ0n) is 9.84. The fourth-order valence-electron chi connectivity index (χ4n) is 1.65. The van der Waals surface area contributed by atoms with Gasteiger partial charge in [-0.2, -0.15) is 4.98 Å². The molecule has 6 nitrogen and oxygen atoms in total. The van der Waals surface area contributed by atoms with E-state index < -0.39 is 6.10 Å². The third kappa shape index (κ3) is 2.34. The van der Waals surface area contributed by atoms with Crippen molar-refractivity contribution in [2.24, 2.45) is 0 Å². The van der Waals surface area contributed by atoms with E-state index in [-0.39, 0.29) is 5.89 Å². The third-order valence-electron chi connectivity index (χ3n) is 2.60. The first-order valence-electron chi connectivity index (χ1n) is 5.67. The molecule has 19 heavy (non-hydrogen) atoms. The first kappa shape index (κ1) is 11.5. The van der Waals surface area contributed by atoms with Crippen molar-refractivity contribution >= 4 is 0 Å². The van der Waals surface area contributed by atoms with Crippen LogP contribution in [0.25, 0.3) is 11.5 Å². The Hall–Kier alpha value is -2.60. The molecule has 0 spiro atoms. The Bertz CT molecular complexity index is 655. The Morgan fingerprint density at radius 2 is 1.95 bits per heavy atom. The van der Waals surface area contributed by atoms with E-state index in [0.717, 1.165) is 0 Å². The SMILES string of the molecule is OC(c1ccccc1)c1nc(-c2ccncn2)no1. The number of nitrogens with zero attached hydrogens (tertiary/aromatic N) is 4. The number of aliphatic hydroxyl groups excluding tert-OH is 1. The molecule has 2 heterocycles. The van der Waals surface area contributed by atoms with Crippen molar-refractivity contribution in [1.29, 1.82) is 0 Å². The van der Waals surface area contributed by atoms with Crippen molar-refractivity contribution < 1.29 is 9.63 Å². The maximum atomic E-state index is 10.1. The number of benzene rings is 1. The van der Waals surface area contributed by atoms with Crippen molar-refractivity contribution in [3.05, 3.63) is 60.4 Å². The summed E-state index contributed by atoms with van der Waals surface area (Å²) < 4.78 is 5.06. The highest BCUT2D eigenvalue weighted by molar-refractivity contribution is 5.46. The molecule has 0 radical (unpaired) electrons. The molecule has 1 atom stereocenters. The third-order valence-corrected chi connectivity index (χ3v) is 2.60. The van der Waals surface area contributed by atoms with E-state index in [2.05, 4.69) is 20.1 Å². The normalized spacial score (nSPS) is 12.3. The maximum Gasteiger partial charge on any atom is 0.260 e. The van der Waals surface area contributed by atoms with Gasteiger partial charge in [0.05, 0.1) is 0 Å². The lowest BCUT2D eigenvalue weighted by molar-refractivity contribution is 0.170. The predicted octanol–water partition coefficient (Wildman–Crippen LogP) is 1.61. The molecule has 1 aromatic carbocycles. The largest absolute Gasteiger partial charge is 0.378 e. The predicted molar refractivity (Wildman–Crippen MR) is 65.8 cm³/mol. The van der Waals surface area contributed by atoms with Gasteiger partial charge in [0.15, 0.2) is 6.10 Å². The van der Waals surface area contributed by atoms with Crippen LogP contribution >= 0.6 is 0 Å². The second-order valence-corrected chi connectivity index (χ2v) is 3.86. The molecule has 0 aliphatic rings. The summed E-state index contributed by atoms with van der Waals surface area (Å²) >= 11 is 0. The van der Waals surface area contributed by atoms with E-state index in [9.17, 15) is 5.11 Å². The Morgan fingerprint density at radius 1 is 1.11 bits per heavy atom. The highest BCUT2D eigenvalue weighted by Crippen LogP contribution is 2.22. The van der Waals surface area contributed by atoms with Gasteiger partial charge in [0.2, 0.25) is 5.82 Å². The van der Waals surface area contributed by atoms with Gasteiger partial charge in [0, 0.05) is 6.20 Å². The van der Waals surface area contributed by atoms with Gasteiger partial charge >= 0.3 is 0 Å². The minimum Gasteiger partial charge on any atom is -0.378 e. The number of aromatic nitrogens is 4. The summed E-state index contributed by atoms with van der Waals surface area (Å²) in [5.41, 5.74) is 1.24. The number of hydrogen-bond donors (Lipinski definition) is 1. The molecule has 2 aromatic heterocycles. The zero-order chi connectivity index (χ0) is 13.1. The van der Waals surface area contributed by atoms with Crippen molar-refractivity contribution in [3.63, 3.8) is 0 Å². The van der Waals surface area contributed by atoms with Crippen LogP contribution in [0.3, 0.4) is 0 Å². The maximum absolute atomic E-state index is 10.1. The van der Waals surface area contributed by atoms with E-state index in [0.29, 0.717) is 17.1 Å². The van der Waals surface area contributed by atoms with E-state index >= 15 is 0 Å². The van der Waals surface area contributed by atoms with Crippen LogP contribution in [0, 0.1) is 0 Å². The van der Waals surface area contributed by atoms with Gasteiger partial charge in [-0.25, -0.2) is 9.97 Å². The minimum atomic E-state index is -0.940. The molecule has 0 fully saturated rings. The molecular formula is C13H10N4O2. The van der Waals surface area contributed by atoms with Gasteiger partial charge in [-0.3, -0.25) is 0 Å². The molecule has 3 aromatic rings. The quantitative estimate of drug-likeness (QED) is 0.764. The van der Waals surface area contributed by atoms with Crippen LogP contribution in [0.15, 0.2) is 53.4 Å². The van der Waals surface area contributed by atoms with Crippen molar-refractivity contribution in [1.82, 2.24) is 20.1 Å². The molecule has 1 N–H and O–H groups in total. The Morgan fingerprint density at radius 3 is 2.68 bits per heavy atom. The summed E-state index contributed by atoms with van der Waals surface area (Å²) in [6.07, 6.45) is 2.05. The molecule has 0 aliphatic carbocycles. The fourth-order valence-corrected chi connectivity index (χ4v) is 1.65. The van der Waals surface area contributed by atoms with Gasteiger partial charge < -0.3 is 9.63 Å². The van der Waals surface area contributed by atoms with E-state index in [1.54, 1.807) is 24.4 Å². The van der Waals surface area contributed by atoms with Crippen LogP contribution in [0.4, 0.5) is 0 Å². The van der Waals surface area contributed by atoms with Crippen molar-refractivity contribution in [2.75, 3.05) is 0 Å². The topological polar surface area (TPSA) is 84.9 Å². The molecule has 0 aliphatic heterocycles. The highest BCUT2D eigenvalue weighted by atomic mass is 16.5. The molecular weight excluding hydrogens is 244 g/mol. The first-order chi connectivity index (χ1) is 9.34. The summed E-state index contributed by atoms with van der Waals surface area (Å²) in [5.74, 6) is 0.465. The molecule has 0 saturated heterocycles. The van der Waals surface area contributed by atoms with Gasteiger partial charge in [-0.15, -0.1) is 0 Å². The molecule has 0 saturated carbocycles. The van der Waals surface area contributed by atoms with Crippen LogP contribution < -0.4 is 0 Å². The second kappa shape index (κ2) is 4.95. The Labute approximate surface area is 108 Å². The van der Waals surface area contributed by atoms with Crippen LogP contribution in [-0.2, 0) is 0 Å². The number of hydrogen-bond acceptors (Lipinski definition) is 6. The van der Waals surface area contributed by atoms with Gasteiger partial charge in [0.25, 0.3) is 5.89 Å². The minimum absolute atomic E-state index is 0.139. The molecule has 1 unspecified atom stereocenters. The van der Waals surface area contributed by atoms with Gasteiger partial charge in [-0.1, -0.05) is 35.5 Å². The molecule has 6 heteroatoms. The van der Waals surface area contributed by atoms with E-state index in [4.69, 9.17) is 4.52 Å². The lowest BCUT2D eigenvalue weighted by Gasteiger charge is -2.04. The Kier molecular flexibility index (Phi) is 2.99. The van der Waals surface area contributed by atoms with Crippen LogP contribution in [0.1, 0.15) is 17.6 Å². The number of aliphatic hydroxyl groups is 1. The molecule has 0 amide bonds. The molecule has 3 rings (SSSR count). The lowest BCUT2D eigenvalue weighted by atomic mass is 10.1. The first-order valence-corrected chi connectivity index (χ1v) is 5.67. The van der Waals surface area contributed by atoms with Crippen LogP contribution in [-0.4, -0.2) is 25.2 Å². The van der Waals surface area contributed by atoms with Gasteiger partial charge in [-0.05, 0) is 11.6 Å². The molecule has 94 valence electrons. The summed E-state index contributed by atoms with van der Waals surface area (Å²) in [5, 5.41) is 13.9. The lowest BCUT2D eigenvalue weighted by Crippen LogP contribution is -1.99. The standard InChI is InChI=1S/C13H10N4O2/c18-11(9-4-2-1-3-5-9)13-16-12(17-19-13)10-6-7-14-8-15-10/h1-8,11,18H. The highest BCUT2D eigenvalue weighted by Gasteiger charge is 2.18. The summed E-state index contributed by atoms with van der Waals surface area (Å²) in [6.45, 7) is 0. The monoisotopic (exact) mass is 254 g/mol. The smallest absolute Gasteiger partial charge is 0.260 e. The summed E-state index contributed by atoms with van der Waals surface area (Å²) in [6, 6.07) is 10.8. The van der Waals surface area contributed by atoms with E-state index in [1.807, 2.05) is 18.2 Å². The van der Waals surface area contributed by atoms with Crippen LogP contribution in [0.5, 0.6) is 0 Å². The zero-order valence-corrected chi connectivity index (χ0v) is 9.84.